The molecule has 0 unspecified atom stereocenters. The lowest BCUT2D eigenvalue weighted by atomic mass is 9.84. The van der Waals surface area contributed by atoms with E-state index in [4.69, 9.17) is 14.2 Å². The second kappa shape index (κ2) is 12.1. The van der Waals surface area contributed by atoms with Crippen LogP contribution < -0.4 is 9.47 Å². The minimum atomic E-state index is -0.742. The molecule has 1 amide bonds. The second-order valence-electron chi connectivity index (χ2n) is 9.27. The van der Waals surface area contributed by atoms with E-state index in [1.54, 1.807) is 28.1 Å². The topological polar surface area (TPSA) is 82.1 Å². The van der Waals surface area contributed by atoms with Crippen molar-refractivity contribution >= 4 is 17.7 Å². The predicted octanol–water partition coefficient (Wildman–Crippen LogP) is 4.34. The fraction of sp³-hybridized carbons (Fsp3) is 0.654. The third-order valence-electron chi connectivity index (χ3n) is 6.67. The van der Waals surface area contributed by atoms with E-state index >= 15 is 0 Å². The molecule has 0 aromatic heterocycles. The monoisotopic (exact) mass is 461 g/mol. The molecule has 0 radical (unpaired) electrons. The summed E-state index contributed by atoms with van der Waals surface area (Å²) in [6.07, 6.45) is 4.46. The summed E-state index contributed by atoms with van der Waals surface area (Å²) >= 11 is 0. The molecule has 0 aliphatic carbocycles. The summed E-state index contributed by atoms with van der Waals surface area (Å²) in [5.74, 6) is -0.0879. The summed E-state index contributed by atoms with van der Waals surface area (Å²) in [6.45, 7) is 7.81. The third kappa shape index (κ3) is 6.71. The standard InChI is InChI=1S/C26H39NO6/c1-7-19(14-12-18-13-15-21(31-5)22(17-18)32-6)33-25(30)20-11-9-10-16-27(20)24(29)23(28)26(3,4)8-2/h13,15,17,19-20H,7-12,14,16H2,1-6H3/t19-,20-/m0/s1. The maximum Gasteiger partial charge on any atom is 0.329 e. The molecule has 184 valence electrons. The number of ether oxygens (including phenoxy) is 3. The molecule has 7 nitrogen and oxygen atoms in total. The van der Waals surface area contributed by atoms with E-state index in [0.29, 0.717) is 50.1 Å². The number of hydrogen-bond donors (Lipinski definition) is 0. The summed E-state index contributed by atoms with van der Waals surface area (Å²) in [5.41, 5.74) is 0.318. The second-order valence-corrected chi connectivity index (χ2v) is 9.27. The van der Waals surface area contributed by atoms with Gasteiger partial charge < -0.3 is 19.1 Å². The molecule has 1 aromatic rings. The van der Waals surface area contributed by atoms with Crippen molar-refractivity contribution in [2.75, 3.05) is 20.8 Å². The van der Waals surface area contributed by atoms with Gasteiger partial charge in [-0.1, -0.05) is 33.8 Å². The van der Waals surface area contributed by atoms with Gasteiger partial charge in [-0.25, -0.2) is 4.79 Å². The van der Waals surface area contributed by atoms with Gasteiger partial charge in [0.25, 0.3) is 5.91 Å². The number of aryl methyl sites for hydroxylation is 1. The zero-order chi connectivity index (χ0) is 24.6. The SMILES string of the molecule is CC[C@@H](CCc1ccc(OC)c(OC)c1)OC(=O)[C@@H]1CCCCN1C(=O)C(=O)C(C)(C)CC. The molecule has 1 heterocycles. The van der Waals surface area contributed by atoms with Crippen LogP contribution >= 0.6 is 0 Å². The summed E-state index contributed by atoms with van der Waals surface area (Å²) in [7, 11) is 3.20. The molecule has 1 aliphatic heterocycles. The van der Waals surface area contributed by atoms with E-state index in [2.05, 4.69) is 0 Å². The van der Waals surface area contributed by atoms with Crippen LogP contribution in [-0.2, 0) is 25.5 Å². The summed E-state index contributed by atoms with van der Waals surface area (Å²) in [6, 6.07) is 5.06. The first-order valence-corrected chi connectivity index (χ1v) is 11.9. The van der Waals surface area contributed by atoms with Crippen molar-refractivity contribution in [2.24, 2.45) is 5.41 Å². The molecule has 1 aromatic carbocycles. The maximum absolute atomic E-state index is 13.1. The normalized spacial score (nSPS) is 17.3. The van der Waals surface area contributed by atoms with Gasteiger partial charge in [0.05, 0.1) is 14.2 Å². The van der Waals surface area contributed by atoms with Gasteiger partial charge in [-0.15, -0.1) is 0 Å². The number of amides is 1. The average molecular weight is 462 g/mol. The number of likely N-dealkylation sites (tertiary alicyclic amines) is 1. The molecule has 1 aliphatic rings. The lowest BCUT2D eigenvalue weighted by Crippen LogP contribution is -2.53. The lowest BCUT2D eigenvalue weighted by Gasteiger charge is -2.36. The summed E-state index contributed by atoms with van der Waals surface area (Å²) in [4.78, 5) is 40.2. The molecule has 2 atom stereocenters. The summed E-state index contributed by atoms with van der Waals surface area (Å²) in [5, 5.41) is 0. The van der Waals surface area contributed by atoms with E-state index in [1.807, 2.05) is 32.0 Å². The van der Waals surface area contributed by atoms with Crippen molar-refractivity contribution in [3.05, 3.63) is 23.8 Å². The van der Waals surface area contributed by atoms with Crippen LogP contribution in [0.4, 0.5) is 0 Å². The van der Waals surface area contributed by atoms with E-state index in [1.165, 1.54) is 4.90 Å². The molecule has 1 fully saturated rings. The Balaban J connectivity index is 2.04. The molecule has 0 N–H and O–H groups in total. The van der Waals surface area contributed by atoms with Crippen molar-refractivity contribution < 1.29 is 28.6 Å². The van der Waals surface area contributed by atoms with Crippen molar-refractivity contribution in [1.29, 1.82) is 0 Å². The first kappa shape index (κ1) is 26.7. The Morgan fingerprint density at radius 1 is 1.09 bits per heavy atom. The van der Waals surface area contributed by atoms with Gasteiger partial charge in [0, 0.05) is 12.0 Å². The molecule has 0 bridgehead atoms. The van der Waals surface area contributed by atoms with Gasteiger partial charge in [-0.2, -0.15) is 0 Å². The highest BCUT2D eigenvalue weighted by Gasteiger charge is 2.40. The number of benzene rings is 1. The van der Waals surface area contributed by atoms with Crippen molar-refractivity contribution in [3.63, 3.8) is 0 Å². The summed E-state index contributed by atoms with van der Waals surface area (Å²) < 4.78 is 16.5. The Morgan fingerprint density at radius 3 is 2.39 bits per heavy atom. The van der Waals surface area contributed by atoms with E-state index in [0.717, 1.165) is 18.4 Å². The van der Waals surface area contributed by atoms with Gasteiger partial charge in [-0.3, -0.25) is 9.59 Å². The number of methoxy groups -OCH3 is 2. The zero-order valence-electron chi connectivity index (χ0n) is 20.9. The van der Waals surface area contributed by atoms with E-state index in [-0.39, 0.29) is 6.10 Å². The minimum Gasteiger partial charge on any atom is -0.493 e. The van der Waals surface area contributed by atoms with Crippen LogP contribution in [0, 0.1) is 5.41 Å². The Morgan fingerprint density at radius 2 is 1.79 bits per heavy atom. The number of esters is 1. The quantitative estimate of drug-likeness (QED) is 0.360. The number of rotatable bonds is 11. The Kier molecular flexibility index (Phi) is 9.74. The van der Waals surface area contributed by atoms with Crippen LogP contribution in [0.25, 0.3) is 0 Å². The molecular weight excluding hydrogens is 422 g/mol. The fourth-order valence-corrected chi connectivity index (χ4v) is 3.95. The maximum atomic E-state index is 13.1. The van der Waals surface area contributed by atoms with Crippen molar-refractivity contribution in [3.8, 4) is 11.5 Å². The van der Waals surface area contributed by atoms with Gasteiger partial charge in [-0.05, 0) is 62.6 Å². The highest BCUT2D eigenvalue weighted by atomic mass is 16.5. The number of carbonyl (C=O) groups excluding carboxylic acids is 3. The first-order valence-electron chi connectivity index (χ1n) is 11.9. The molecule has 0 spiro atoms. The van der Waals surface area contributed by atoms with Crippen molar-refractivity contribution in [1.82, 2.24) is 4.90 Å². The predicted molar refractivity (Wildman–Crippen MR) is 126 cm³/mol. The Hall–Kier alpha value is -2.57. The minimum absolute atomic E-state index is 0.271. The molecule has 1 saturated heterocycles. The van der Waals surface area contributed by atoms with Crippen LogP contribution in [0.3, 0.4) is 0 Å². The van der Waals surface area contributed by atoms with Crippen LogP contribution in [0.1, 0.15) is 71.8 Å². The van der Waals surface area contributed by atoms with Crippen molar-refractivity contribution in [2.45, 2.75) is 84.8 Å². The number of hydrogen-bond acceptors (Lipinski definition) is 6. The number of nitrogens with zero attached hydrogens (tertiary/aromatic N) is 1. The molecule has 0 saturated carbocycles. The number of ketones is 1. The van der Waals surface area contributed by atoms with Crippen LogP contribution in [0.5, 0.6) is 11.5 Å². The first-order chi connectivity index (χ1) is 15.7. The van der Waals surface area contributed by atoms with Crippen LogP contribution in [-0.4, -0.2) is 55.5 Å². The van der Waals surface area contributed by atoms with Crippen LogP contribution in [0.2, 0.25) is 0 Å². The number of Topliss-reactive ketones (excluding diaryl/α,β-unsaturated/α-hetero) is 1. The average Bonchev–Trinajstić information content (AvgIpc) is 2.84. The third-order valence-corrected chi connectivity index (χ3v) is 6.67. The highest BCUT2D eigenvalue weighted by molar-refractivity contribution is 6.38. The zero-order valence-corrected chi connectivity index (χ0v) is 20.9. The number of piperidine rings is 1. The van der Waals surface area contributed by atoms with Gasteiger partial charge >= 0.3 is 5.97 Å². The Bertz CT molecular complexity index is 834. The van der Waals surface area contributed by atoms with Gasteiger partial charge in [0.1, 0.15) is 12.1 Å². The lowest BCUT2D eigenvalue weighted by molar-refractivity contribution is -0.164. The highest BCUT2D eigenvalue weighted by Crippen LogP contribution is 2.29. The van der Waals surface area contributed by atoms with Gasteiger partial charge in [0.15, 0.2) is 11.5 Å². The molecule has 33 heavy (non-hydrogen) atoms. The number of carbonyl (C=O) groups is 3. The molecular formula is C26H39NO6. The Labute approximate surface area is 197 Å². The van der Waals surface area contributed by atoms with Crippen LogP contribution in [0.15, 0.2) is 18.2 Å². The molecule has 2 rings (SSSR count). The van der Waals surface area contributed by atoms with Gasteiger partial charge in [0.2, 0.25) is 5.78 Å². The van der Waals surface area contributed by atoms with E-state index in [9.17, 15) is 14.4 Å². The van der Waals surface area contributed by atoms with E-state index < -0.39 is 29.1 Å². The smallest absolute Gasteiger partial charge is 0.329 e. The fourth-order valence-electron chi connectivity index (χ4n) is 3.95. The molecule has 7 heteroatoms. The largest absolute Gasteiger partial charge is 0.493 e.